The lowest BCUT2D eigenvalue weighted by atomic mass is 10.2. The third-order valence-electron chi connectivity index (χ3n) is 1.60. The highest BCUT2D eigenvalue weighted by molar-refractivity contribution is 14.1. The van der Waals surface area contributed by atoms with E-state index in [4.69, 9.17) is 4.74 Å². The molecule has 0 aliphatic rings. The van der Waals surface area contributed by atoms with Crippen LogP contribution < -0.4 is 4.74 Å². The lowest BCUT2D eigenvalue weighted by Gasteiger charge is -2.09. The monoisotopic (exact) mass is 377 g/mol. The third kappa shape index (κ3) is 2.53. The molecule has 0 saturated carbocycles. The highest BCUT2D eigenvalue weighted by atomic mass is 127. The van der Waals surface area contributed by atoms with Gasteiger partial charge in [0.1, 0.15) is 5.69 Å². The van der Waals surface area contributed by atoms with Crippen LogP contribution in [0.3, 0.4) is 0 Å². The Kier molecular flexibility index (Phi) is 4.49. The first kappa shape index (κ1) is 12.1. The van der Waals surface area contributed by atoms with E-state index in [0.717, 1.165) is 3.57 Å². The molecule has 0 amide bonds. The summed E-state index contributed by atoms with van der Waals surface area (Å²) in [4.78, 5) is 3.75. The van der Waals surface area contributed by atoms with Crippen molar-refractivity contribution < 1.29 is 13.5 Å². The number of alkyl halides is 3. The zero-order chi connectivity index (χ0) is 10.7. The maximum absolute atomic E-state index is 12.5. The normalized spacial score (nSPS) is 10.7. The molecule has 0 aliphatic heterocycles. The van der Waals surface area contributed by atoms with Crippen LogP contribution in [0.1, 0.15) is 17.7 Å². The van der Waals surface area contributed by atoms with E-state index in [1.54, 1.807) is 6.07 Å². The van der Waals surface area contributed by atoms with Crippen molar-refractivity contribution in [2.24, 2.45) is 0 Å². The average Bonchev–Trinajstić information content (AvgIpc) is 2.16. The molecule has 0 unspecified atom stereocenters. The van der Waals surface area contributed by atoms with Gasteiger partial charge in [0.15, 0.2) is 0 Å². The van der Waals surface area contributed by atoms with Crippen molar-refractivity contribution in [2.45, 2.75) is 11.8 Å². The van der Waals surface area contributed by atoms with Crippen molar-refractivity contribution in [1.82, 2.24) is 4.98 Å². The topological polar surface area (TPSA) is 22.1 Å². The zero-order valence-corrected chi connectivity index (χ0v) is 11.0. The first-order valence-corrected chi connectivity index (χ1v) is 5.87. The Balaban J connectivity index is 3.25. The molecule has 1 aromatic heterocycles. The van der Waals surface area contributed by atoms with Crippen LogP contribution >= 0.6 is 38.5 Å². The largest absolute Gasteiger partial charge is 0.480 e. The summed E-state index contributed by atoms with van der Waals surface area (Å²) in [5.74, 6) is 0.241. The van der Waals surface area contributed by atoms with E-state index in [-0.39, 0.29) is 11.6 Å². The van der Waals surface area contributed by atoms with E-state index < -0.39 is 6.43 Å². The minimum atomic E-state index is -2.58. The van der Waals surface area contributed by atoms with E-state index in [1.807, 2.05) is 22.6 Å². The van der Waals surface area contributed by atoms with Gasteiger partial charge in [0, 0.05) is 5.33 Å². The lowest BCUT2D eigenvalue weighted by molar-refractivity contribution is 0.144. The second-order valence-corrected chi connectivity index (χ2v) is 4.18. The minimum Gasteiger partial charge on any atom is -0.480 e. The summed E-state index contributed by atoms with van der Waals surface area (Å²) in [6.07, 6.45) is -2.58. The van der Waals surface area contributed by atoms with Crippen molar-refractivity contribution in [2.75, 3.05) is 7.11 Å². The first-order valence-electron chi connectivity index (χ1n) is 3.67. The Hall–Kier alpha value is 0.0200. The maximum Gasteiger partial charge on any atom is 0.280 e. The second-order valence-electron chi connectivity index (χ2n) is 2.46. The third-order valence-corrected chi connectivity index (χ3v) is 2.98. The summed E-state index contributed by atoms with van der Waals surface area (Å²) in [5.41, 5.74) is 0.268. The molecule has 1 aromatic rings. The van der Waals surface area contributed by atoms with Crippen LogP contribution in [-0.2, 0) is 5.33 Å². The fourth-order valence-electron chi connectivity index (χ4n) is 0.962. The summed E-state index contributed by atoms with van der Waals surface area (Å²) in [7, 11) is 1.41. The van der Waals surface area contributed by atoms with Crippen molar-refractivity contribution in [1.29, 1.82) is 0 Å². The predicted molar refractivity (Wildman–Crippen MR) is 61.1 cm³/mol. The Bertz CT molecular complexity index is 335. The summed E-state index contributed by atoms with van der Waals surface area (Å²) in [5, 5.41) is 0.361. The van der Waals surface area contributed by atoms with E-state index in [0.29, 0.717) is 10.9 Å². The Morgan fingerprint density at radius 3 is 2.71 bits per heavy atom. The quantitative estimate of drug-likeness (QED) is 0.594. The number of ether oxygens (including phenoxy) is 1. The smallest absolute Gasteiger partial charge is 0.280 e. The Morgan fingerprint density at radius 1 is 1.64 bits per heavy atom. The van der Waals surface area contributed by atoms with Crippen molar-refractivity contribution in [3.8, 4) is 5.88 Å². The standard InChI is InChI=1S/C8H7BrF2INO/c1-14-8-5(12)2-4(3-9)6(13-8)7(10)11/h2,7H,3H2,1H3. The van der Waals surface area contributed by atoms with Crippen molar-refractivity contribution >= 4 is 38.5 Å². The first-order chi connectivity index (χ1) is 6.60. The molecule has 0 atom stereocenters. The Morgan fingerprint density at radius 2 is 2.29 bits per heavy atom. The van der Waals surface area contributed by atoms with E-state index in [9.17, 15) is 8.78 Å². The van der Waals surface area contributed by atoms with Crippen molar-refractivity contribution in [3.05, 3.63) is 20.9 Å². The molecular formula is C8H7BrF2INO. The number of rotatable bonds is 3. The van der Waals surface area contributed by atoms with Crippen molar-refractivity contribution in [3.63, 3.8) is 0 Å². The summed E-state index contributed by atoms with van der Waals surface area (Å²) in [6, 6.07) is 1.64. The zero-order valence-electron chi connectivity index (χ0n) is 7.23. The molecule has 0 aliphatic carbocycles. The molecule has 0 radical (unpaired) electrons. The molecule has 14 heavy (non-hydrogen) atoms. The van der Waals surface area contributed by atoms with Gasteiger partial charge < -0.3 is 4.74 Å². The number of pyridine rings is 1. The average molecular weight is 378 g/mol. The highest BCUT2D eigenvalue weighted by Gasteiger charge is 2.17. The maximum atomic E-state index is 12.5. The molecule has 0 N–H and O–H groups in total. The number of hydrogen-bond donors (Lipinski definition) is 0. The van der Waals surface area contributed by atoms with Gasteiger partial charge in [-0.3, -0.25) is 0 Å². The van der Waals surface area contributed by atoms with Crippen LogP contribution in [0.15, 0.2) is 6.07 Å². The summed E-state index contributed by atoms with van der Waals surface area (Å²) >= 11 is 5.14. The van der Waals surface area contributed by atoms with E-state index in [1.165, 1.54) is 7.11 Å². The number of hydrogen-bond acceptors (Lipinski definition) is 2. The van der Waals surface area contributed by atoms with Gasteiger partial charge in [-0.15, -0.1) is 0 Å². The minimum absolute atomic E-state index is 0.223. The molecule has 1 rings (SSSR count). The molecule has 0 aromatic carbocycles. The van der Waals surface area contributed by atoms with Gasteiger partial charge in [0.25, 0.3) is 6.43 Å². The lowest BCUT2D eigenvalue weighted by Crippen LogP contribution is -2.01. The van der Waals surface area contributed by atoms with Crippen LogP contribution in [0, 0.1) is 3.57 Å². The van der Waals surface area contributed by atoms with Crippen LogP contribution in [0.5, 0.6) is 5.88 Å². The number of aromatic nitrogens is 1. The van der Waals surface area contributed by atoms with Gasteiger partial charge in [-0.1, -0.05) is 15.9 Å². The van der Waals surface area contributed by atoms with Gasteiger partial charge in [-0.2, -0.15) is 0 Å². The summed E-state index contributed by atoms with van der Waals surface area (Å²) in [6.45, 7) is 0. The number of nitrogens with zero attached hydrogens (tertiary/aromatic N) is 1. The van der Waals surface area contributed by atoms with Crippen LogP contribution in [0.2, 0.25) is 0 Å². The molecule has 2 nitrogen and oxygen atoms in total. The van der Waals surface area contributed by atoms with Crippen LogP contribution in [0.25, 0.3) is 0 Å². The molecule has 0 fully saturated rings. The fourth-order valence-corrected chi connectivity index (χ4v) is 2.13. The predicted octanol–water partition coefficient (Wildman–Crippen LogP) is 3.53. The second kappa shape index (κ2) is 5.20. The van der Waals surface area contributed by atoms with Crippen LogP contribution in [-0.4, -0.2) is 12.1 Å². The molecule has 0 spiro atoms. The SMILES string of the molecule is COc1nc(C(F)F)c(CBr)cc1I. The molecule has 0 saturated heterocycles. The van der Waals surface area contributed by atoms with E-state index in [2.05, 4.69) is 20.9 Å². The fraction of sp³-hybridized carbons (Fsp3) is 0.375. The van der Waals surface area contributed by atoms with E-state index >= 15 is 0 Å². The van der Waals surface area contributed by atoms with Gasteiger partial charge >= 0.3 is 0 Å². The number of halogens is 4. The molecule has 1 heterocycles. The Labute approximate surface area is 102 Å². The molecule has 6 heteroatoms. The molecule has 78 valence electrons. The molecule has 0 bridgehead atoms. The summed E-state index contributed by atoms with van der Waals surface area (Å²) < 4.78 is 30.6. The van der Waals surface area contributed by atoms with Gasteiger partial charge in [0.2, 0.25) is 5.88 Å². The number of methoxy groups -OCH3 is 1. The highest BCUT2D eigenvalue weighted by Crippen LogP contribution is 2.28. The van der Waals surface area contributed by atoms with Gasteiger partial charge in [0.05, 0.1) is 10.7 Å². The molecular weight excluding hydrogens is 371 g/mol. The van der Waals surface area contributed by atoms with Gasteiger partial charge in [-0.25, -0.2) is 13.8 Å². The van der Waals surface area contributed by atoms with Crippen LogP contribution in [0.4, 0.5) is 8.78 Å². The van der Waals surface area contributed by atoms with Gasteiger partial charge in [-0.05, 0) is 34.2 Å².